The molecule has 1 aliphatic heterocycles. The summed E-state index contributed by atoms with van der Waals surface area (Å²) < 4.78 is 38.6. The number of methoxy groups -OCH3 is 2. The summed E-state index contributed by atoms with van der Waals surface area (Å²) in [5, 5.41) is 0. The molecule has 1 amide bonds. The van der Waals surface area contributed by atoms with Gasteiger partial charge in [-0.15, -0.1) is 0 Å². The van der Waals surface area contributed by atoms with Gasteiger partial charge >= 0.3 is 0 Å². The molecule has 0 aromatic heterocycles. The van der Waals surface area contributed by atoms with E-state index in [1.165, 1.54) is 36.7 Å². The minimum absolute atomic E-state index is 0.133. The summed E-state index contributed by atoms with van der Waals surface area (Å²) in [5.41, 5.74) is 0.903. The Kier molecular flexibility index (Phi) is 7.17. The molecule has 1 saturated heterocycles. The highest BCUT2D eigenvalue weighted by molar-refractivity contribution is 9.10. The van der Waals surface area contributed by atoms with E-state index in [2.05, 4.69) is 15.9 Å². The first kappa shape index (κ1) is 22.3. The molecule has 0 N–H and O–H groups in total. The van der Waals surface area contributed by atoms with E-state index >= 15 is 0 Å². The highest BCUT2D eigenvalue weighted by Crippen LogP contribution is 2.31. The molecule has 160 valence electrons. The number of benzene rings is 2. The first-order valence-corrected chi connectivity index (χ1v) is 11.5. The molecule has 0 radical (unpaired) electrons. The van der Waals surface area contributed by atoms with Gasteiger partial charge in [0.2, 0.25) is 15.9 Å². The number of rotatable bonds is 6. The predicted octanol–water partition coefficient (Wildman–Crippen LogP) is 3.01. The second-order valence-corrected chi connectivity index (χ2v) is 9.39. The zero-order valence-corrected chi connectivity index (χ0v) is 19.1. The third kappa shape index (κ3) is 4.85. The molecule has 1 heterocycles. The Labute approximate surface area is 185 Å². The molecule has 0 saturated carbocycles. The lowest BCUT2D eigenvalue weighted by atomic mass is 10.2. The largest absolute Gasteiger partial charge is 0.493 e. The quantitative estimate of drug-likeness (QED) is 0.576. The van der Waals surface area contributed by atoms with Crippen LogP contribution in [0.5, 0.6) is 11.5 Å². The van der Waals surface area contributed by atoms with Crippen LogP contribution in [0.3, 0.4) is 0 Å². The maximum atomic E-state index is 13.0. The number of nitrogens with zero attached hydrogens (tertiary/aromatic N) is 2. The number of halogens is 1. The zero-order valence-electron chi connectivity index (χ0n) is 16.7. The van der Waals surface area contributed by atoms with Crippen molar-refractivity contribution in [2.75, 3.05) is 40.4 Å². The van der Waals surface area contributed by atoms with Crippen molar-refractivity contribution in [2.45, 2.75) is 4.90 Å². The lowest BCUT2D eigenvalue weighted by molar-refractivity contribution is -0.127. The Balaban J connectivity index is 1.66. The van der Waals surface area contributed by atoms with Gasteiger partial charge in [0.15, 0.2) is 11.5 Å². The highest BCUT2D eigenvalue weighted by Gasteiger charge is 2.30. The molecule has 0 unspecified atom stereocenters. The molecule has 2 aromatic carbocycles. The highest BCUT2D eigenvalue weighted by atomic mass is 79.9. The maximum absolute atomic E-state index is 13.0. The predicted molar refractivity (Wildman–Crippen MR) is 118 cm³/mol. The van der Waals surface area contributed by atoms with E-state index in [-0.39, 0.29) is 23.9 Å². The van der Waals surface area contributed by atoms with Gasteiger partial charge in [-0.2, -0.15) is 4.31 Å². The number of carbonyl (C=O) groups excluding carboxylic acids is 1. The molecule has 1 fully saturated rings. The van der Waals surface area contributed by atoms with Gasteiger partial charge in [-0.05, 0) is 29.8 Å². The van der Waals surface area contributed by atoms with Crippen LogP contribution in [0.15, 0.2) is 57.9 Å². The van der Waals surface area contributed by atoms with Crippen molar-refractivity contribution in [2.24, 2.45) is 0 Å². The van der Waals surface area contributed by atoms with Gasteiger partial charge in [0.25, 0.3) is 0 Å². The average molecular weight is 495 g/mol. The molecule has 0 spiro atoms. The summed E-state index contributed by atoms with van der Waals surface area (Å²) >= 11 is 3.45. The Morgan fingerprint density at radius 2 is 1.67 bits per heavy atom. The topological polar surface area (TPSA) is 76.2 Å². The van der Waals surface area contributed by atoms with E-state index in [0.717, 1.165) is 10.0 Å². The van der Waals surface area contributed by atoms with E-state index in [1.807, 2.05) is 24.3 Å². The number of ether oxygens (including phenoxy) is 2. The van der Waals surface area contributed by atoms with Crippen LogP contribution >= 0.6 is 15.9 Å². The Morgan fingerprint density at radius 3 is 2.30 bits per heavy atom. The van der Waals surface area contributed by atoms with E-state index in [0.29, 0.717) is 24.6 Å². The van der Waals surface area contributed by atoms with Crippen LogP contribution in [0.2, 0.25) is 0 Å². The van der Waals surface area contributed by atoms with Crippen molar-refractivity contribution in [1.29, 1.82) is 0 Å². The van der Waals surface area contributed by atoms with Crippen LogP contribution < -0.4 is 9.47 Å². The van der Waals surface area contributed by atoms with Gasteiger partial charge < -0.3 is 14.4 Å². The standard InChI is InChI=1S/C21H23BrN2O5S/c1-28-19-9-8-17(15-20(19)29-2)30(26,27)24-13-11-23(12-14-24)21(25)10-7-16-5-3-4-6-18(16)22/h3-10,15H,11-14H2,1-2H3/b10-7+. The van der Waals surface area contributed by atoms with Crippen molar-refractivity contribution in [3.8, 4) is 11.5 Å². The number of sulfonamides is 1. The smallest absolute Gasteiger partial charge is 0.246 e. The molecule has 1 aliphatic rings. The Bertz CT molecular complexity index is 1050. The van der Waals surface area contributed by atoms with E-state index in [4.69, 9.17) is 9.47 Å². The second-order valence-electron chi connectivity index (χ2n) is 6.60. The fourth-order valence-electron chi connectivity index (χ4n) is 3.15. The molecule has 9 heteroatoms. The summed E-state index contributed by atoms with van der Waals surface area (Å²) in [7, 11) is -0.742. The monoisotopic (exact) mass is 494 g/mol. The number of amides is 1. The van der Waals surface area contributed by atoms with Crippen LogP contribution in [0.1, 0.15) is 5.56 Å². The second kappa shape index (κ2) is 9.63. The molecule has 0 aliphatic carbocycles. The molecular weight excluding hydrogens is 472 g/mol. The molecule has 0 atom stereocenters. The van der Waals surface area contributed by atoms with Crippen LogP contribution in [0.25, 0.3) is 6.08 Å². The van der Waals surface area contributed by atoms with E-state index < -0.39 is 10.0 Å². The number of hydrogen-bond acceptors (Lipinski definition) is 5. The molecule has 30 heavy (non-hydrogen) atoms. The van der Waals surface area contributed by atoms with Crippen LogP contribution in [0, 0.1) is 0 Å². The minimum Gasteiger partial charge on any atom is -0.493 e. The maximum Gasteiger partial charge on any atom is 0.246 e. The average Bonchev–Trinajstić information content (AvgIpc) is 2.77. The first-order chi connectivity index (χ1) is 14.4. The van der Waals surface area contributed by atoms with E-state index in [9.17, 15) is 13.2 Å². The van der Waals surface area contributed by atoms with Gasteiger partial charge in [-0.1, -0.05) is 34.1 Å². The minimum atomic E-state index is -3.69. The summed E-state index contributed by atoms with van der Waals surface area (Å²) in [6, 6.07) is 12.1. The van der Waals surface area contributed by atoms with Crippen molar-refractivity contribution < 1.29 is 22.7 Å². The summed E-state index contributed by atoms with van der Waals surface area (Å²) in [6.07, 6.45) is 3.26. The summed E-state index contributed by atoms with van der Waals surface area (Å²) in [6.45, 7) is 1.11. The van der Waals surface area contributed by atoms with Gasteiger partial charge in [-0.3, -0.25) is 4.79 Å². The molecule has 7 nitrogen and oxygen atoms in total. The number of hydrogen-bond donors (Lipinski definition) is 0. The van der Waals surface area contributed by atoms with Crippen molar-refractivity contribution in [3.05, 3.63) is 58.6 Å². The Morgan fingerprint density at radius 1 is 1.00 bits per heavy atom. The van der Waals surface area contributed by atoms with Crippen molar-refractivity contribution in [1.82, 2.24) is 9.21 Å². The molecule has 2 aromatic rings. The number of carbonyl (C=O) groups is 1. The SMILES string of the molecule is COc1ccc(S(=O)(=O)N2CCN(C(=O)/C=C/c3ccccc3Br)CC2)cc1OC. The zero-order chi connectivity index (χ0) is 21.7. The van der Waals surface area contributed by atoms with Gasteiger partial charge in [0, 0.05) is 42.8 Å². The third-order valence-electron chi connectivity index (χ3n) is 4.85. The van der Waals surface area contributed by atoms with E-state index in [1.54, 1.807) is 17.0 Å². The first-order valence-electron chi connectivity index (χ1n) is 9.30. The lowest BCUT2D eigenvalue weighted by Crippen LogP contribution is -2.50. The summed E-state index contributed by atoms with van der Waals surface area (Å²) in [4.78, 5) is 14.3. The van der Waals surface area contributed by atoms with Gasteiger partial charge in [0.05, 0.1) is 19.1 Å². The van der Waals surface area contributed by atoms with Crippen LogP contribution in [-0.2, 0) is 14.8 Å². The normalized spacial score (nSPS) is 15.4. The number of piperazine rings is 1. The summed E-state index contributed by atoms with van der Waals surface area (Å²) in [5.74, 6) is 0.669. The van der Waals surface area contributed by atoms with Crippen molar-refractivity contribution >= 4 is 37.9 Å². The van der Waals surface area contributed by atoms with Crippen molar-refractivity contribution in [3.63, 3.8) is 0 Å². The Hall–Kier alpha value is -2.36. The fourth-order valence-corrected chi connectivity index (χ4v) is 5.01. The van der Waals surface area contributed by atoms with Crippen LogP contribution in [0.4, 0.5) is 0 Å². The van der Waals surface area contributed by atoms with Gasteiger partial charge in [0.1, 0.15) is 0 Å². The van der Waals surface area contributed by atoms with Gasteiger partial charge in [-0.25, -0.2) is 8.42 Å². The lowest BCUT2D eigenvalue weighted by Gasteiger charge is -2.33. The van der Waals surface area contributed by atoms with Crippen LogP contribution in [-0.4, -0.2) is 63.9 Å². The fraction of sp³-hybridized carbons (Fsp3) is 0.286. The molecule has 0 bridgehead atoms. The molecular formula is C21H23BrN2O5S. The third-order valence-corrected chi connectivity index (χ3v) is 7.47. The molecule has 3 rings (SSSR count).